The topological polar surface area (TPSA) is 33.2 Å². The predicted molar refractivity (Wildman–Crippen MR) is 54.3 cm³/mol. The molecular formula is C11H12F2N2O. The molecule has 0 bridgehead atoms. The molecule has 1 fully saturated rings. The van der Waals surface area contributed by atoms with Gasteiger partial charge in [-0.1, -0.05) is 6.07 Å². The molecule has 5 heteroatoms. The molecule has 3 nitrogen and oxygen atoms in total. The fourth-order valence-corrected chi connectivity index (χ4v) is 1.69. The molecule has 0 spiro atoms. The van der Waals surface area contributed by atoms with Crippen molar-refractivity contribution in [3.05, 3.63) is 30.1 Å². The quantitative estimate of drug-likeness (QED) is 0.733. The monoisotopic (exact) mass is 226 g/mol. The highest BCUT2D eigenvalue weighted by Crippen LogP contribution is 2.28. The molecule has 2 heterocycles. The first-order valence-electron chi connectivity index (χ1n) is 5.17. The van der Waals surface area contributed by atoms with Gasteiger partial charge in [-0.25, -0.2) is 8.78 Å². The van der Waals surface area contributed by atoms with E-state index in [2.05, 4.69) is 4.98 Å². The molecule has 0 unspecified atom stereocenters. The normalized spacial score (nSPS) is 19.5. The molecule has 1 saturated heterocycles. The van der Waals surface area contributed by atoms with Crippen molar-refractivity contribution in [1.29, 1.82) is 0 Å². The first kappa shape index (κ1) is 11.0. The van der Waals surface area contributed by atoms with Crippen LogP contribution < -0.4 is 0 Å². The third-order valence-corrected chi connectivity index (χ3v) is 2.67. The highest BCUT2D eigenvalue weighted by molar-refractivity contribution is 5.92. The van der Waals surface area contributed by atoms with Crippen molar-refractivity contribution in [3.8, 4) is 0 Å². The summed E-state index contributed by atoms with van der Waals surface area (Å²) in [6.07, 6.45) is 1.00. The maximum atomic E-state index is 12.9. The third kappa shape index (κ3) is 2.35. The van der Waals surface area contributed by atoms with Crippen molar-refractivity contribution in [2.24, 2.45) is 0 Å². The lowest BCUT2D eigenvalue weighted by Gasteiger charge is -2.31. The van der Waals surface area contributed by atoms with Gasteiger partial charge in [0.1, 0.15) is 5.69 Å². The van der Waals surface area contributed by atoms with Gasteiger partial charge in [-0.15, -0.1) is 0 Å². The van der Waals surface area contributed by atoms with Crippen LogP contribution in [-0.2, 0) is 0 Å². The summed E-state index contributed by atoms with van der Waals surface area (Å²) in [6.45, 7) is 0.199. The zero-order chi connectivity index (χ0) is 11.6. The Bertz CT molecular complexity index is 371. The Morgan fingerprint density at radius 1 is 1.31 bits per heavy atom. The fourth-order valence-electron chi connectivity index (χ4n) is 1.69. The Kier molecular flexibility index (Phi) is 2.85. The molecule has 0 aromatic carbocycles. The van der Waals surface area contributed by atoms with Crippen LogP contribution in [0.5, 0.6) is 0 Å². The zero-order valence-corrected chi connectivity index (χ0v) is 8.70. The molecule has 0 radical (unpaired) electrons. The lowest BCUT2D eigenvalue weighted by molar-refractivity contribution is -0.0495. The van der Waals surface area contributed by atoms with E-state index in [1.165, 1.54) is 11.1 Å². The van der Waals surface area contributed by atoms with E-state index < -0.39 is 5.92 Å². The lowest BCUT2D eigenvalue weighted by atomic mass is 10.1. The Balaban J connectivity index is 2.03. The number of carbonyl (C=O) groups is 1. The number of pyridine rings is 1. The number of aromatic nitrogens is 1. The predicted octanol–water partition coefficient (Wildman–Crippen LogP) is 1.95. The summed E-state index contributed by atoms with van der Waals surface area (Å²) < 4.78 is 25.8. The van der Waals surface area contributed by atoms with E-state index in [1.54, 1.807) is 18.2 Å². The molecule has 1 aliphatic rings. The fraction of sp³-hybridized carbons (Fsp3) is 0.455. The van der Waals surface area contributed by atoms with Gasteiger partial charge in [0.15, 0.2) is 0 Å². The largest absolute Gasteiger partial charge is 0.337 e. The van der Waals surface area contributed by atoms with E-state index in [-0.39, 0.29) is 31.8 Å². The SMILES string of the molecule is O=C(c1ccccn1)N1CCC(F)(F)CC1. The average molecular weight is 226 g/mol. The smallest absolute Gasteiger partial charge is 0.272 e. The number of rotatable bonds is 1. The third-order valence-electron chi connectivity index (χ3n) is 2.67. The van der Waals surface area contributed by atoms with Crippen LogP contribution in [0, 0.1) is 0 Å². The number of halogens is 2. The molecule has 1 aromatic rings. The Labute approximate surface area is 92.1 Å². The molecular weight excluding hydrogens is 214 g/mol. The number of nitrogens with zero attached hydrogens (tertiary/aromatic N) is 2. The van der Waals surface area contributed by atoms with Crippen molar-refractivity contribution >= 4 is 5.91 Å². The number of piperidine rings is 1. The van der Waals surface area contributed by atoms with E-state index in [0.29, 0.717) is 5.69 Å². The van der Waals surface area contributed by atoms with Crippen LogP contribution in [0.2, 0.25) is 0 Å². The summed E-state index contributed by atoms with van der Waals surface area (Å²) in [5.74, 6) is -2.89. The minimum atomic E-state index is -2.62. The van der Waals surface area contributed by atoms with Gasteiger partial charge in [-0.05, 0) is 12.1 Å². The van der Waals surface area contributed by atoms with Crippen molar-refractivity contribution in [1.82, 2.24) is 9.88 Å². The molecule has 0 atom stereocenters. The number of amides is 1. The molecule has 86 valence electrons. The summed E-state index contributed by atoms with van der Waals surface area (Å²) >= 11 is 0. The summed E-state index contributed by atoms with van der Waals surface area (Å²) in [5.41, 5.74) is 0.313. The number of carbonyl (C=O) groups excluding carboxylic acids is 1. The maximum absolute atomic E-state index is 12.9. The number of likely N-dealkylation sites (tertiary alicyclic amines) is 1. The molecule has 0 N–H and O–H groups in total. The van der Waals surface area contributed by atoms with Gasteiger partial charge in [-0.3, -0.25) is 9.78 Å². The first-order chi connectivity index (χ1) is 7.58. The second kappa shape index (κ2) is 4.15. The standard InChI is InChI=1S/C11H12F2N2O/c12-11(13)4-7-15(8-5-11)10(16)9-3-1-2-6-14-9/h1-3,6H,4-5,7-8H2. The van der Waals surface area contributed by atoms with Gasteiger partial charge in [0.05, 0.1) is 0 Å². The van der Waals surface area contributed by atoms with Gasteiger partial charge in [0.25, 0.3) is 11.8 Å². The van der Waals surface area contributed by atoms with Crippen molar-refractivity contribution < 1.29 is 13.6 Å². The van der Waals surface area contributed by atoms with Crippen LogP contribution in [0.15, 0.2) is 24.4 Å². The summed E-state index contributed by atoms with van der Waals surface area (Å²) in [6, 6.07) is 5.01. The first-order valence-corrected chi connectivity index (χ1v) is 5.17. The lowest BCUT2D eigenvalue weighted by Crippen LogP contribution is -2.42. The van der Waals surface area contributed by atoms with E-state index in [0.717, 1.165) is 0 Å². The molecule has 1 amide bonds. The summed E-state index contributed by atoms with van der Waals surface area (Å²) in [5, 5.41) is 0. The van der Waals surface area contributed by atoms with Crippen LogP contribution in [0.4, 0.5) is 8.78 Å². The second-order valence-corrected chi connectivity index (χ2v) is 3.86. The Hall–Kier alpha value is -1.52. The minimum absolute atomic E-state index is 0.0996. The number of alkyl halides is 2. The van der Waals surface area contributed by atoms with E-state index >= 15 is 0 Å². The highest BCUT2D eigenvalue weighted by Gasteiger charge is 2.35. The zero-order valence-electron chi connectivity index (χ0n) is 8.70. The highest BCUT2D eigenvalue weighted by atomic mass is 19.3. The maximum Gasteiger partial charge on any atom is 0.272 e. The van der Waals surface area contributed by atoms with Crippen molar-refractivity contribution in [2.45, 2.75) is 18.8 Å². The van der Waals surface area contributed by atoms with Gasteiger partial charge < -0.3 is 4.90 Å². The molecule has 0 aliphatic carbocycles. The van der Waals surface area contributed by atoms with E-state index in [4.69, 9.17) is 0 Å². The van der Waals surface area contributed by atoms with Crippen LogP contribution >= 0.6 is 0 Å². The average Bonchev–Trinajstić information content (AvgIpc) is 2.29. The van der Waals surface area contributed by atoms with Gasteiger partial charge in [-0.2, -0.15) is 0 Å². The molecule has 1 aromatic heterocycles. The summed E-state index contributed by atoms with van der Waals surface area (Å²) in [4.78, 5) is 17.2. The Morgan fingerprint density at radius 3 is 2.56 bits per heavy atom. The van der Waals surface area contributed by atoms with Crippen LogP contribution in [0.3, 0.4) is 0 Å². The van der Waals surface area contributed by atoms with Crippen LogP contribution in [0.1, 0.15) is 23.3 Å². The van der Waals surface area contributed by atoms with Gasteiger partial charge >= 0.3 is 0 Å². The van der Waals surface area contributed by atoms with Crippen molar-refractivity contribution in [2.75, 3.05) is 13.1 Å². The number of hydrogen-bond acceptors (Lipinski definition) is 2. The van der Waals surface area contributed by atoms with E-state index in [1.807, 2.05) is 0 Å². The second-order valence-electron chi connectivity index (χ2n) is 3.86. The van der Waals surface area contributed by atoms with Gasteiger partial charge in [0.2, 0.25) is 0 Å². The van der Waals surface area contributed by atoms with Crippen LogP contribution in [-0.4, -0.2) is 34.8 Å². The summed E-state index contributed by atoms with van der Waals surface area (Å²) in [7, 11) is 0. The Morgan fingerprint density at radius 2 is 2.00 bits per heavy atom. The van der Waals surface area contributed by atoms with Crippen LogP contribution in [0.25, 0.3) is 0 Å². The molecule has 16 heavy (non-hydrogen) atoms. The minimum Gasteiger partial charge on any atom is -0.337 e. The molecule has 0 saturated carbocycles. The molecule has 2 rings (SSSR count). The van der Waals surface area contributed by atoms with E-state index in [9.17, 15) is 13.6 Å². The number of hydrogen-bond donors (Lipinski definition) is 0. The van der Waals surface area contributed by atoms with Gasteiger partial charge in [0, 0.05) is 32.1 Å². The van der Waals surface area contributed by atoms with Crippen molar-refractivity contribution in [3.63, 3.8) is 0 Å². The molecule has 1 aliphatic heterocycles.